The van der Waals surface area contributed by atoms with Crippen molar-refractivity contribution in [3.8, 4) is 0 Å². The number of nitrogens with zero attached hydrogens (tertiary/aromatic N) is 1. The molecule has 2 heterocycles. The highest BCUT2D eigenvalue weighted by Gasteiger charge is 2.31. The number of carbonyl (C=O) groups excluding carboxylic acids is 1. The van der Waals surface area contributed by atoms with Gasteiger partial charge in [-0.25, -0.2) is 8.42 Å². The van der Waals surface area contributed by atoms with Gasteiger partial charge in [-0.1, -0.05) is 13.8 Å². The van der Waals surface area contributed by atoms with Gasteiger partial charge in [-0.05, 0) is 17.4 Å². The van der Waals surface area contributed by atoms with Crippen LogP contribution in [0.5, 0.6) is 0 Å². The van der Waals surface area contributed by atoms with E-state index in [1.807, 2.05) is 13.8 Å². The summed E-state index contributed by atoms with van der Waals surface area (Å²) in [5.41, 5.74) is 0. The first-order valence-electron chi connectivity index (χ1n) is 6.86. The maximum absolute atomic E-state index is 12.6. The molecule has 6 nitrogen and oxygen atoms in total. The third-order valence-corrected chi connectivity index (χ3v) is 6.08. The van der Waals surface area contributed by atoms with Crippen molar-refractivity contribution in [1.82, 2.24) is 9.62 Å². The van der Waals surface area contributed by atoms with Crippen LogP contribution in [0.1, 0.15) is 23.5 Å². The van der Waals surface area contributed by atoms with Gasteiger partial charge in [-0.2, -0.15) is 4.31 Å². The van der Waals surface area contributed by atoms with Gasteiger partial charge in [0.1, 0.15) is 9.77 Å². The van der Waals surface area contributed by atoms with E-state index in [0.717, 1.165) is 11.3 Å². The van der Waals surface area contributed by atoms with E-state index >= 15 is 0 Å². The minimum Gasteiger partial charge on any atom is -0.379 e. The standard InChI is InChI=1S/C13H20N2O4S2/c1-10(2)9-14-13(16)12-11(3-8-20-12)21(17,18)15-4-6-19-7-5-15/h3,8,10H,4-7,9H2,1-2H3,(H,14,16). The molecule has 1 saturated heterocycles. The topological polar surface area (TPSA) is 75.7 Å². The predicted octanol–water partition coefficient (Wildman–Crippen LogP) is 1.15. The van der Waals surface area contributed by atoms with Crippen molar-refractivity contribution in [2.45, 2.75) is 18.7 Å². The van der Waals surface area contributed by atoms with Crippen LogP contribution < -0.4 is 5.32 Å². The smallest absolute Gasteiger partial charge is 0.262 e. The maximum atomic E-state index is 12.6. The molecule has 1 aliphatic rings. The van der Waals surface area contributed by atoms with E-state index in [2.05, 4.69) is 5.32 Å². The van der Waals surface area contributed by atoms with Crippen LogP contribution in [0.2, 0.25) is 0 Å². The Morgan fingerprint density at radius 3 is 2.71 bits per heavy atom. The molecule has 0 atom stereocenters. The normalized spacial score (nSPS) is 17.1. The quantitative estimate of drug-likeness (QED) is 0.878. The van der Waals surface area contributed by atoms with Gasteiger partial charge in [-0.15, -0.1) is 11.3 Å². The number of rotatable bonds is 5. The summed E-state index contributed by atoms with van der Waals surface area (Å²) in [6.45, 7) is 5.92. The van der Waals surface area contributed by atoms with Crippen LogP contribution in [0.25, 0.3) is 0 Å². The summed E-state index contributed by atoms with van der Waals surface area (Å²) in [4.78, 5) is 12.5. The molecule has 0 aromatic carbocycles. The molecule has 0 spiro atoms. The van der Waals surface area contributed by atoms with E-state index in [9.17, 15) is 13.2 Å². The molecule has 118 valence electrons. The number of hydrogen-bond acceptors (Lipinski definition) is 5. The van der Waals surface area contributed by atoms with Crippen molar-refractivity contribution in [3.63, 3.8) is 0 Å². The van der Waals surface area contributed by atoms with E-state index in [-0.39, 0.29) is 15.7 Å². The van der Waals surface area contributed by atoms with E-state index in [0.29, 0.717) is 38.8 Å². The fourth-order valence-electron chi connectivity index (χ4n) is 1.97. The van der Waals surface area contributed by atoms with Crippen molar-refractivity contribution in [2.75, 3.05) is 32.8 Å². The maximum Gasteiger partial charge on any atom is 0.262 e. The lowest BCUT2D eigenvalue weighted by atomic mass is 10.2. The minimum absolute atomic E-state index is 0.0932. The summed E-state index contributed by atoms with van der Waals surface area (Å²) in [5, 5.41) is 4.40. The van der Waals surface area contributed by atoms with Crippen molar-refractivity contribution < 1.29 is 17.9 Å². The van der Waals surface area contributed by atoms with E-state index < -0.39 is 10.0 Å². The molecule has 1 aromatic rings. The van der Waals surface area contributed by atoms with Crippen LogP contribution in [-0.4, -0.2) is 51.5 Å². The second-order valence-electron chi connectivity index (χ2n) is 5.23. The van der Waals surface area contributed by atoms with Crippen molar-refractivity contribution in [1.29, 1.82) is 0 Å². The van der Waals surface area contributed by atoms with Crippen molar-refractivity contribution >= 4 is 27.3 Å². The highest BCUT2D eigenvalue weighted by atomic mass is 32.2. The highest BCUT2D eigenvalue weighted by Crippen LogP contribution is 2.25. The molecular weight excluding hydrogens is 312 g/mol. The van der Waals surface area contributed by atoms with Gasteiger partial charge in [0.05, 0.1) is 13.2 Å². The Hall–Kier alpha value is -0.960. The molecule has 1 aromatic heterocycles. The number of morpholine rings is 1. The van der Waals surface area contributed by atoms with Gasteiger partial charge in [0.2, 0.25) is 10.0 Å². The Labute approximate surface area is 129 Å². The van der Waals surface area contributed by atoms with Gasteiger partial charge in [0.25, 0.3) is 5.91 Å². The van der Waals surface area contributed by atoms with Crippen LogP contribution in [0.4, 0.5) is 0 Å². The zero-order valence-corrected chi connectivity index (χ0v) is 13.8. The molecule has 0 radical (unpaired) electrons. The number of carbonyl (C=O) groups is 1. The number of amides is 1. The molecule has 0 saturated carbocycles. The molecule has 2 rings (SSSR count). The third kappa shape index (κ3) is 3.82. The Bertz CT molecular complexity index is 589. The SMILES string of the molecule is CC(C)CNC(=O)c1sccc1S(=O)(=O)N1CCOCC1. The molecule has 0 unspecified atom stereocenters. The number of nitrogens with one attached hydrogen (secondary N) is 1. The number of sulfonamides is 1. The van der Waals surface area contributed by atoms with Gasteiger partial charge in [0, 0.05) is 19.6 Å². The first-order valence-corrected chi connectivity index (χ1v) is 9.18. The van der Waals surface area contributed by atoms with Gasteiger partial charge in [0.15, 0.2) is 0 Å². The van der Waals surface area contributed by atoms with E-state index in [1.165, 1.54) is 10.4 Å². The monoisotopic (exact) mass is 332 g/mol. The number of ether oxygens (including phenoxy) is 1. The average Bonchev–Trinajstić information content (AvgIpc) is 2.96. The van der Waals surface area contributed by atoms with Crippen LogP contribution in [0, 0.1) is 5.92 Å². The molecule has 1 N–H and O–H groups in total. The van der Waals surface area contributed by atoms with Crippen LogP contribution in [0.15, 0.2) is 16.3 Å². The number of hydrogen-bond donors (Lipinski definition) is 1. The first-order chi connectivity index (χ1) is 9.93. The Kier molecular flexibility index (Phi) is 5.37. The first kappa shape index (κ1) is 16.4. The fourth-order valence-corrected chi connectivity index (χ4v) is 4.69. The molecule has 0 aliphatic carbocycles. The van der Waals surface area contributed by atoms with Gasteiger partial charge >= 0.3 is 0 Å². The Morgan fingerprint density at radius 1 is 1.43 bits per heavy atom. The molecular formula is C13H20N2O4S2. The summed E-state index contributed by atoms with van der Waals surface area (Å²) < 4.78 is 31.8. The van der Waals surface area contributed by atoms with Gasteiger partial charge in [-0.3, -0.25) is 4.79 Å². The van der Waals surface area contributed by atoms with Crippen LogP contribution in [-0.2, 0) is 14.8 Å². The van der Waals surface area contributed by atoms with Crippen molar-refractivity contribution in [3.05, 3.63) is 16.3 Å². The Balaban J connectivity index is 2.20. The van der Waals surface area contributed by atoms with Gasteiger partial charge < -0.3 is 10.1 Å². The summed E-state index contributed by atoms with van der Waals surface area (Å²) in [6.07, 6.45) is 0. The third-order valence-electron chi connectivity index (χ3n) is 3.09. The predicted molar refractivity (Wildman–Crippen MR) is 81.1 cm³/mol. The molecule has 1 amide bonds. The lowest BCUT2D eigenvalue weighted by Gasteiger charge is -2.26. The summed E-state index contributed by atoms with van der Waals surface area (Å²) in [5.74, 6) is -0.0150. The lowest BCUT2D eigenvalue weighted by Crippen LogP contribution is -2.41. The number of thiophene rings is 1. The molecule has 21 heavy (non-hydrogen) atoms. The van der Waals surface area contributed by atoms with Crippen LogP contribution in [0.3, 0.4) is 0 Å². The molecule has 1 aliphatic heterocycles. The zero-order valence-electron chi connectivity index (χ0n) is 12.2. The summed E-state index contributed by atoms with van der Waals surface area (Å²) >= 11 is 1.15. The molecule has 0 bridgehead atoms. The highest BCUT2D eigenvalue weighted by molar-refractivity contribution is 7.89. The largest absolute Gasteiger partial charge is 0.379 e. The summed E-state index contributed by atoms with van der Waals surface area (Å²) in [7, 11) is -3.63. The Morgan fingerprint density at radius 2 is 2.10 bits per heavy atom. The van der Waals surface area contributed by atoms with Crippen molar-refractivity contribution in [2.24, 2.45) is 5.92 Å². The second-order valence-corrected chi connectivity index (χ2v) is 8.06. The molecule has 8 heteroatoms. The molecule has 1 fully saturated rings. The second kappa shape index (κ2) is 6.87. The van der Waals surface area contributed by atoms with E-state index in [4.69, 9.17) is 4.74 Å². The summed E-state index contributed by atoms with van der Waals surface area (Å²) in [6, 6.07) is 1.50. The van der Waals surface area contributed by atoms with E-state index in [1.54, 1.807) is 5.38 Å². The van der Waals surface area contributed by atoms with Crippen LogP contribution >= 0.6 is 11.3 Å². The lowest BCUT2D eigenvalue weighted by molar-refractivity contribution is 0.0730. The zero-order chi connectivity index (χ0) is 15.5. The minimum atomic E-state index is -3.63. The fraction of sp³-hybridized carbons (Fsp3) is 0.615. The average molecular weight is 332 g/mol.